The van der Waals surface area contributed by atoms with Crippen LogP contribution in [0.2, 0.25) is 0 Å². The van der Waals surface area contributed by atoms with E-state index >= 15 is 0 Å². The Bertz CT molecular complexity index is 604. The van der Waals surface area contributed by atoms with Crippen molar-refractivity contribution >= 4 is 11.5 Å². The molecule has 0 radical (unpaired) electrons. The zero-order valence-corrected chi connectivity index (χ0v) is 11.1. The smallest absolute Gasteiger partial charge is 0.359 e. The lowest BCUT2D eigenvalue weighted by Gasteiger charge is -2.06. The highest BCUT2D eigenvalue weighted by atomic mass is 16.5. The van der Waals surface area contributed by atoms with Gasteiger partial charge < -0.3 is 14.6 Å². The first-order valence-electron chi connectivity index (χ1n) is 5.88. The summed E-state index contributed by atoms with van der Waals surface area (Å²) in [4.78, 5) is 16.0. The lowest BCUT2D eigenvalue weighted by Crippen LogP contribution is -2.08. The first-order valence-corrected chi connectivity index (χ1v) is 5.88. The van der Waals surface area contributed by atoms with Crippen molar-refractivity contribution in [3.63, 3.8) is 0 Å². The second-order valence-corrected chi connectivity index (χ2v) is 4.22. The average molecular weight is 264 g/mol. The number of carbonyl (C=O) groups is 1. The number of ether oxygens (including phenoxy) is 2. The van der Waals surface area contributed by atoms with Crippen LogP contribution in [0.3, 0.4) is 0 Å². The molecule has 0 aliphatic carbocycles. The number of aromatic nitrogens is 2. The van der Waals surface area contributed by atoms with Gasteiger partial charge in [-0.05, 0) is 19.1 Å². The Morgan fingerprint density at radius 1 is 1.53 bits per heavy atom. The summed E-state index contributed by atoms with van der Waals surface area (Å²) in [6, 6.07) is 3.54. The minimum atomic E-state index is -0.553. The maximum absolute atomic E-state index is 11.8. The number of hydrogen-bond donors (Lipinski definition) is 1. The molecule has 0 saturated heterocycles. The molecule has 0 aliphatic rings. The summed E-state index contributed by atoms with van der Waals surface area (Å²) in [6.07, 6.45) is 1.56. The van der Waals surface area contributed by atoms with E-state index in [4.69, 9.17) is 9.47 Å². The van der Waals surface area contributed by atoms with Gasteiger partial charge in [0.1, 0.15) is 17.1 Å². The van der Waals surface area contributed by atoms with Crippen molar-refractivity contribution < 1.29 is 19.4 Å². The van der Waals surface area contributed by atoms with Crippen LogP contribution < -0.4 is 4.74 Å². The number of fused-ring (bicyclic) bond motifs is 1. The second kappa shape index (κ2) is 5.27. The third-order valence-corrected chi connectivity index (χ3v) is 2.78. The van der Waals surface area contributed by atoms with E-state index in [0.717, 1.165) is 0 Å². The van der Waals surface area contributed by atoms with Crippen molar-refractivity contribution in [2.45, 2.75) is 19.4 Å². The monoisotopic (exact) mass is 264 g/mol. The van der Waals surface area contributed by atoms with Gasteiger partial charge in [0.2, 0.25) is 0 Å². The van der Waals surface area contributed by atoms with Crippen LogP contribution in [-0.2, 0) is 11.2 Å². The van der Waals surface area contributed by atoms with Gasteiger partial charge in [-0.15, -0.1) is 0 Å². The van der Waals surface area contributed by atoms with Crippen LogP contribution in [0.25, 0.3) is 5.52 Å². The molecule has 2 rings (SSSR count). The number of imidazole rings is 1. The van der Waals surface area contributed by atoms with Crippen molar-refractivity contribution in [1.82, 2.24) is 9.38 Å². The summed E-state index contributed by atoms with van der Waals surface area (Å²) in [5.74, 6) is 0.593. The number of aliphatic hydroxyl groups excluding tert-OH is 1. The summed E-state index contributed by atoms with van der Waals surface area (Å²) >= 11 is 0. The van der Waals surface area contributed by atoms with Crippen LogP contribution in [0.5, 0.6) is 5.75 Å². The van der Waals surface area contributed by atoms with Gasteiger partial charge in [-0.2, -0.15) is 0 Å². The molecular formula is C13H16N2O4. The van der Waals surface area contributed by atoms with Gasteiger partial charge in [0.05, 0.1) is 20.3 Å². The number of hydrogen-bond acceptors (Lipinski definition) is 5. The molecule has 19 heavy (non-hydrogen) atoms. The number of nitrogens with zero attached hydrogens (tertiary/aromatic N) is 2. The van der Waals surface area contributed by atoms with Crippen molar-refractivity contribution in [3.8, 4) is 5.75 Å². The van der Waals surface area contributed by atoms with Gasteiger partial charge >= 0.3 is 5.97 Å². The first-order chi connectivity index (χ1) is 9.08. The summed E-state index contributed by atoms with van der Waals surface area (Å²) in [7, 11) is 2.83. The second-order valence-electron chi connectivity index (χ2n) is 4.22. The number of aliphatic hydroxyl groups is 1. The minimum Gasteiger partial charge on any atom is -0.494 e. The highest BCUT2D eigenvalue weighted by Crippen LogP contribution is 2.25. The molecular weight excluding hydrogens is 248 g/mol. The fraction of sp³-hybridized carbons (Fsp3) is 0.385. The van der Waals surface area contributed by atoms with E-state index in [2.05, 4.69) is 4.98 Å². The predicted octanol–water partition coefficient (Wildman–Crippen LogP) is 1.05. The zero-order valence-electron chi connectivity index (χ0n) is 11.1. The van der Waals surface area contributed by atoms with E-state index < -0.39 is 12.1 Å². The number of carbonyl (C=O) groups excluding carboxylic acids is 1. The van der Waals surface area contributed by atoms with E-state index in [-0.39, 0.29) is 5.69 Å². The molecule has 0 fully saturated rings. The number of pyridine rings is 1. The zero-order chi connectivity index (χ0) is 14.0. The molecule has 0 aliphatic heterocycles. The van der Waals surface area contributed by atoms with Gasteiger partial charge in [-0.1, -0.05) is 0 Å². The molecule has 2 heterocycles. The molecule has 102 valence electrons. The van der Waals surface area contributed by atoms with E-state index in [9.17, 15) is 9.90 Å². The van der Waals surface area contributed by atoms with E-state index in [1.165, 1.54) is 14.2 Å². The Morgan fingerprint density at radius 3 is 2.84 bits per heavy atom. The van der Waals surface area contributed by atoms with Gasteiger partial charge in [-0.25, -0.2) is 9.78 Å². The fourth-order valence-electron chi connectivity index (χ4n) is 1.98. The number of methoxy groups -OCH3 is 2. The Labute approximate surface area is 110 Å². The summed E-state index contributed by atoms with van der Waals surface area (Å²) in [5, 5.41) is 9.50. The normalized spacial score (nSPS) is 12.4. The Kier molecular flexibility index (Phi) is 3.71. The van der Waals surface area contributed by atoms with E-state index in [1.54, 1.807) is 29.7 Å². The van der Waals surface area contributed by atoms with E-state index in [0.29, 0.717) is 23.5 Å². The molecule has 1 atom stereocenters. The lowest BCUT2D eigenvalue weighted by molar-refractivity contribution is 0.0596. The van der Waals surface area contributed by atoms with Gasteiger partial charge in [0, 0.05) is 12.6 Å². The predicted molar refractivity (Wildman–Crippen MR) is 68.5 cm³/mol. The highest BCUT2D eigenvalue weighted by molar-refractivity contribution is 5.97. The van der Waals surface area contributed by atoms with Crippen molar-refractivity contribution in [2.75, 3.05) is 14.2 Å². The topological polar surface area (TPSA) is 73.1 Å². The maximum Gasteiger partial charge on any atom is 0.359 e. The number of rotatable bonds is 4. The van der Waals surface area contributed by atoms with Gasteiger partial charge in [-0.3, -0.25) is 4.40 Å². The number of esters is 1. The summed E-state index contributed by atoms with van der Waals surface area (Å²) in [5.41, 5.74) is 0.739. The fourth-order valence-corrected chi connectivity index (χ4v) is 1.98. The average Bonchev–Trinajstić information content (AvgIpc) is 2.76. The highest BCUT2D eigenvalue weighted by Gasteiger charge is 2.21. The molecule has 6 heteroatoms. The molecule has 0 aromatic carbocycles. The van der Waals surface area contributed by atoms with E-state index in [1.807, 2.05) is 0 Å². The van der Waals surface area contributed by atoms with Crippen LogP contribution in [-0.4, -0.2) is 40.8 Å². The molecule has 2 aromatic rings. The molecule has 0 amide bonds. The Hall–Kier alpha value is -2.08. The van der Waals surface area contributed by atoms with Crippen molar-refractivity contribution in [2.24, 2.45) is 0 Å². The van der Waals surface area contributed by atoms with Crippen LogP contribution >= 0.6 is 0 Å². The first kappa shape index (κ1) is 13.4. The molecule has 0 spiro atoms. The summed E-state index contributed by atoms with van der Waals surface area (Å²) < 4.78 is 11.7. The Morgan fingerprint density at radius 2 is 2.26 bits per heavy atom. The standard InChI is InChI=1S/C13H16N2O4/c1-8(16)7-10-14-11(13(17)19-3)12-9(18-2)5-4-6-15(10)12/h4-6,8,16H,7H2,1-3H3. The van der Waals surface area contributed by atoms with Crippen LogP contribution in [0.1, 0.15) is 23.2 Å². The molecule has 0 saturated carbocycles. The van der Waals surface area contributed by atoms with Crippen molar-refractivity contribution in [1.29, 1.82) is 0 Å². The molecule has 1 N–H and O–H groups in total. The molecule has 1 unspecified atom stereocenters. The minimum absolute atomic E-state index is 0.190. The third kappa shape index (κ3) is 2.39. The van der Waals surface area contributed by atoms with Crippen LogP contribution in [0, 0.1) is 0 Å². The van der Waals surface area contributed by atoms with Crippen molar-refractivity contribution in [3.05, 3.63) is 29.8 Å². The molecule has 2 aromatic heterocycles. The quantitative estimate of drug-likeness (QED) is 0.836. The maximum atomic E-state index is 11.8. The third-order valence-electron chi connectivity index (χ3n) is 2.78. The summed E-state index contributed by atoms with van der Waals surface area (Å²) in [6.45, 7) is 1.67. The molecule has 0 bridgehead atoms. The lowest BCUT2D eigenvalue weighted by atomic mass is 10.3. The van der Waals surface area contributed by atoms with Gasteiger partial charge in [0.25, 0.3) is 0 Å². The van der Waals surface area contributed by atoms with Crippen LogP contribution in [0.4, 0.5) is 0 Å². The molecule has 6 nitrogen and oxygen atoms in total. The Balaban J connectivity index is 2.69. The van der Waals surface area contributed by atoms with Gasteiger partial charge in [0.15, 0.2) is 5.69 Å². The largest absolute Gasteiger partial charge is 0.494 e. The SMILES string of the molecule is COC(=O)c1nc(CC(C)O)n2cccc(OC)c12. The van der Waals surface area contributed by atoms with Crippen LogP contribution in [0.15, 0.2) is 18.3 Å².